The first-order chi connectivity index (χ1) is 23.8. The van der Waals surface area contributed by atoms with E-state index in [-0.39, 0.29) is 0 Å². The van der Waals surface area contributed by atoms with Crippen LogP contribution in [0.5, 0.6) is 0 Å². The lowest BCUT2D eigenvalue weighted by atomic mass is 9.88. The molecule has 23 heteroatoms. The molecule has 3 aliphatic heterocycles. The molecule has 0 aromatic rings. The molecule has 0 aromatic heterocycles. The molecule has 2 amide bonds. The van der Waals surface area contributed by atoms with Gasteiger partial charge in [0.05, 0.1) is 32.0 Å². The monoisotopic (exact) mass is 746 g/mol. The first kappa shape index (κ1) is 42.7. The third kappa shape index (κ3) is 9.83. The molecule has 3 heterocycles. The van der Waals surface area contributed by atoms with Crippen LogP contribution >= 0.6 is 0 Å². The summed E-state index contributed by atoms with van der Waals surface area (Å²) in [4.78, 5) is 47.7. The van der Waals surface area contributed by atoms with Gasteiger partial charge in [-0.15, -0.1) is 0 Å². The van der Waals surface area contributed by atoms with Gasteiger partial charge in [-0.1, -0.05) is 0 Å². The van der Waals surface area contributed by atoms with Gasteiger partial charge in [0.1, 0.15) is 67.1 Å². The molecule has 3 fully saturated rings. The van der Waals surface area contributed by atoms with Crippen LogP contribution in [-0.4, -0.2) is 203 Å². The van der Waals surface area contributed by atoms with Crippen LogP contribution in [0.1, 0.15) is 27.2 Å². The van der Waals surface area contributed by atoms with Gasteiger partial charge in [-0.3, -0.25) is 9.59 Å². The van der Waals surface area contributed by atoms with E-state index in [0.29, 0.717) is 0 Å². The van der Waals surface area contributed by atoms with E-state index in [4.69, 9.17) is 33.5 Å². The lowest BCUT2D eigenvalue weighted by molar-refractivity contribution is -0.380. The van der Waals surface area contributed by atoms with Crippen molar-refractivity contribution in [3.05, 3.63) is 0 Å². The highest BCUT2D eigenvalue weighted by atomic mass is 16.8. The molecule has 3 saturated heterocycles. The van der Waals surface area contributed by atoms with E-state index >= 15 is 0 Å². The van der Waals surface area contributed by atoms with Crippen molar-refractivity contribution in [2.75, 3.05) is 19.8 Å². The summed E-state index contributed by atoms with van der Waals surface area (Å²) in [5.41, 5.74) is 0. The fraction of sp³-hybridized carbons (Fsp3) is 0.857. The maximum absolute atomic E-state index is 12.7. The number of ether oxygens (including phenoxy) is 6. The minimum Gasteiger partial charge on any atom is -0.479 e. The van der Waals surface area contributed by atoms with Gasteiger partial charge in [0.25, 0.3) is 5.79 Å². The van der Waals surface area contributed by atoms with Crippen molar-refractivity contribution < 1.29 is 104 Å². The number of amides is 2. The number of aliphatic carboxylic acids is 2. The lowest BCUT2D eigenvalue weighted by Gasteiger charge is -2.50. The van der Waals surface area contributed by atoms with E-state index in [2.05, 4.69) is 10.6 Å². The van der Waals surface area contributed by atoms with Crippen molar-refractivity contribution in [2.24, 2.45) is 0 Å². The number of aliphatic hydroxyl groups is 9. The van der Waals surface area contributed by atoms with Crippen LogP contribution in [-0.2, 0) is 47.6 Å². The Morgan fingerprint density at radius 1 is 0.863 bits per heavy atom. The summed E-state index contributed by atoms with van der Waals surface area (Å²) in [6.45, 7) is 0.507. The van der Waals surface area contributed by atoms with E-state index in [1.807, 2.05) is 0 Å². The number of rotatable bonds is 15. The number of nitrogens with one attached hydrogen (secondary N) is 2. The average Bonchev–Trinajstić information content (AvgIpc) is 3.06. The molecule has 0 aromatic carbocycles. The van der Waals surface area contributed by atoms with Crippen molar-refractivity contribution >= 4 is 23.8 Å². The van der Waals surface area contributed by atoms with Crippen LogP contribution in [0.4, 0.5) is 0 Å². The quantitative estimate of drug-likeness (QED) is 0.0740. The highest BCUT2D eigenvalue weighted by molar-refractivity contribution is 5.77. The molecule has 0 aliphatic carbocycles. The molecule has 51 heavy (non-hydrogen) atoms. The SMILES string of the molecule is CC(=O)N[C@@H]1[C@@H](O[C@@H]2O[C@H](CO)[C@H](O)[C@H](O[C@]3(C(=O)O)C[C@H](O)[C@@H](NC(C)=O)[C@H]([C@@H](O)[C@H](O)CO)O3)[C@H]2O)[C@@H](O)[C@@H](CO[C@H](C)C(=O)O)O[C@H]1O. The standard InChI is InChI=1S/C28H46N2O21/c1-8(24(41)42)46-7-14-19(39)21(16(25(43)47-14)30-10(3)34)49-26-20(40)23(18(38)13(6-32)48-26)51-28(27(44)45)4-11(35)15(29-9(2)33)22(50-28)17(37)12(36)5-31/h8,11-23,25-26,31-32,35-40,43H,4-7H2,1-3H3,(H,29,33)(H,30,34)(H,41,42)(H,44,45)/t8-,11+,12-,13-,14-,15-,16-,17+,18+,19+,20-,21-,22-,23+,25-,26+,28+/m1/s1. The van der Waals surface area contributed by atoms with E-state index in [0.717, 1.165) is 13.8 Å². The second-order valence-corrected chi connectivity index (χ2v) is 12.4. The Kier molecular flexibility index (Phi) is 15.0. The van der Waals surface area contributed by atoms with Crippen LogP contribution in [0, 0.1) is 0 Å². The number of carbonyl (C=O) groups is 4. The molecular formula is C28H46N2O21. The number of carboxylic acids is 2. The normalized spacial score (nSPS) is 40.4. The zero-order valence-electron chi connectivity index (χ0n) is 27.6. The van der Waals surface area contributed by atoms with E-state index in [1.165, 1.54) is 6.92 Å². The van der Waals surface area contributed by atoms with E-state index in [9.17, 15) is 70.2 Å². The van der Waals surface area contributed by atoms with E-state index in [1.54, 1.807) is 0 Å². The third-order valence-corrected chi connectivity index (χ3v) is 8.55. The predicted octanol–water partition coefficient (Wildman–Crippen LogP) is -7.58. The number of carboxylic acid groups (broad SMARTS) is 2. The smallest absolute Gasteiger partial charge is 0.364 e. The molecule has 0 radical (unpaired) electrons. The Bertz CT molecular complexity index is 1210. The van der Waals surface area contributed by atoms with Gasteiger partial charge in [0, 0.05) is 20.3 Å². The predicted molar refractivity (Wildman–Crippen MR) is 158 cm³/mol. The maximum Gasteiger partial charge on any atom is 0.364 e. The van der Waals surface area contributed by atoms with Crippen LogP contribution < -0.4 is 10.6 Å². The number of carbonyl (C=O) groups excluding carboxylic acids is 2. The molecule has 294 valence electrons. The molecule has 23 nitrogen and oxygen atoms in total. The lowest BCUT2D eigenvalue weighted by Crippen LogP contribution is -2.71. The van der Waals surface area contributed by atoms with Gasteiger partial charge in [0.15, 0.2) is 18.7 Å². The molecule has 0 saturated carbocycles. The summed E-state index contributed by atoms with van der Waals surface area (Å²) < 4.78 is 32.9. The van der Waals surface area contributed by atoms with Crippen molar-refractivity contribution in [1.82, 2.24) is 10.6 Å². The van der Waals surface area contributed by atoms with Gasteiger partial charge >= 0.3 is 11.9 Å². The first-order valence-corrected chi connectivity index (χ1v) is 15.7. The summed E-state index contributed by atoms with van der Waals surface area (Å²) >= 11 is 0. The Morgan fingerprint density at radius 3 is 1.98 bits per heavy atom. The van der Waals surface area contributed by atoms with Crippen LogP contribution in [0.25, 0.3) is 0 Å². The van der Waals surface area contributed by atoms with E-state index < -0.39 is 154 Å². The minimum atomic E-state index is -3.08. The number of hydrogen-bond donors (Lipinski definition) is 13. The molecular weight excluding hydrogens is 700 g/mol. The largest absolute Gasteiger partial charge is 0.479 e. The van der Waals surface area contributed by atoms with Gasteiger partial charge < -0.3 is 95.2 Å². The number of aliphatic hydroxyl groups excluding tert-OH is 9. The molecule has 3 aliphatic rings. The van der Waals surface area contributed by atoms with Gasteiger partial charge in [-0.25, -0.2) is 9.59 Å². The molecule has 0 unspecified atom stereocenters. The second-order valence-electron chi connectivity index (χ2n) is 12.4. The topological polar surface area (TPSA) is 370 Å². The third-order valence-electron chi connectivity index (χ3n) is 8.55. The van der Waals surface area contributed by atoms with Crippen LogP contribution in [0.2, 0.25) is 0 Å². The highest BCUT2D eigenvalue weighted by Crippen LogP contribution is 2.38. The summed E-state index contributed by atoms with van der Waals surface area (Å²) in [5.74, 6) is -7.99. The Hall–Kier alpha value is -2.72. The fourth-order valence-electron chi connectivity index (χ4n) is 5.86. The second kappa shape index (κ2) is 17.9. The van der Waals surface area contributed by atoms with Gasteiger partial charge in [-0.05, 0) is 6.92 Å². The van der Waals surface area contributed by atoms with Crippen molar-refractivity contribution in [3.63, 3.8) is 0 Å². The Morgan fingerprint density at radius 2 is 1.45 bits per heavy atom. The Balaban J connectivity index is 1.97. The van der Waals surface area contributed by atoms with Crippen molar-refractivity contribution in [2.45, 2.75) is 131 Å². The summed E-state index contributed by atoms with van der Waals surface area (Å²) in [6.07, 6.45) is -27.9. The Labute approximate surface area is 289 Å². The van der Waals surface area contributed by atoms with Crippen molar-refractivity contribution in [3.8, 4) is 0 Å². The number of hydrogen-bond acceptors (Lipinski definition) is 19. The molecule has 17 atom stereocenters. The minimum absolute atomic E-state index is 0.631. The summed E-state index contributed by atoms with van der Waals surface area (Å²) in [6, 6.07) is -3.18. The van der Waals surface area contributed by atoms with Gasteiger partial charge in [0.2, 0.25) is 11.8 Å². The van der Waals surface area contributed by atoms with Gasteiger partial charge in [-0.2, -0.15) is 0 Å². The first-order valence-electron chi connectivity index (χ1n) is 15.7. The molecule has 3 rings (SSSR count). The fourth-order valence-corrected chi connectivity index (χ4v) is 5.86. The highest BCUT2D eigenvalue weighted by Gasteiger charge is 2.60. The zero-order chi connectivity index (χ0) is 38.5. The van der Waals surface area contributed by atoms with Crippen LogP contribution in [0.3, 0.4) is 0 Å². The molecule has 0 spiro atoms. The molecule has 0 bridgehead atoms. The summed E-state index contributed by atoms with van der Waals surface area (Å²) in [7, 11) is 0. The zero-order valence-corrected chi connectivity index (χ0v) is 27.6. The maximum atomic E-state index is 12.7. The van der Waals surface area contributed by atoms with Crippen LogP contribution in [0.15, 0.2) is 0 Å². The molecule has 13 N–H and O–H groups in total. The van der Waals surface area contributed by atoms with Crippen molar-refractivity contribution in [1.29, 1.82) is 0 Å². The summed E-state index contributed by atoms with van der Waals surface area (Å²) in [5, 5.41) is 119. The average molecular weight is 747 g/mol.